The quantitative estimate of drug-likeness (QED) is 0.800. The highest BCUT2D eigenvalue weighted by Gasteiger charge is 2.32. The van der Waals surface area contributed by atoms with Crippen molar-refractivity contribution in [2.75, 3.05) is 27.8 Å². The first-order chi connectivity index (χ1) is 13.4. The number of sulfonamides is 1. The summed E-state index contributed by atoms with van der Waals surface area (Å²) in [7, 11) is 1.01. The van der Waals surface area contributed by atoms with Gasteiger partial charge in [0, 0.05) is 23.7 Å². The molecule has 1 unspecified atom stereocenters. The predicted octanol–water partition coefficient (Wildman–Crippen LogP) is 2.59. The molecule has 150 valence electrons. The Kier molecular flexibility index (Phi) is 5.90. The number of ether oxygens (including phenoxy) is 2. The van der Waals surface area contributed by atoms with Gasteiger partial charge < -0.3 is 14.4 Å². The zero-order valence-corrected chi connectivity index (χ0v) is 17.0. The molecular weight excluding hydrogens is 380 g/mol. The molecule has 1 amide bonds. The molecule has 1 heterocycles. The molecule has 1 fully saturated rings. The van der Waals surface area contributed by atoms with Crippen molar-refractivity contribution in [2.45, 2.75) is 23.8 Å². The van der Waals surface area contributed by atoms with Crippen LogP contribution in [0.5, 0.6) is 11.5 Å². The third-order valence-corrected chi connectivity index (χ3v) is 6.42. The molecule has 0 aliphatic carbocycles. The van der Waals surface area contributed by atoms with Crippen molar-refractivity contribution in [1.82, 2.24) is 9.62 Å². The Morgan fingerprint density at radius 3 is 2.43 bits per heavy atom. The topological polar surface area (TPSA) is 84.9 Å². The number of hydrogen-bond acceptors (Lipinski definition) is 5. The molecule has 0 radical (unpaired) electrons. The van der Waals surface area contributed by atoms with Crippen molar-refractivity contribution in [2.24, 2.45) is 0 Å². The Balaban J connectivity index is 1.88. The minimum Gasteiger partial charge on any atom is -0.497 e. The van der Waals surface area contributed by atoms with E-state index >= 15 is 0 Å². The third-order valence-electron chi connectivity index (χ3n) is 4.99. The van der Waals surface area contributed by atoms with Gasteiger partial charge >= 0.3 is 0 Å². The number of benzene rings is 2. The first-order valence-electron chi connectivity index (χ1n) is 8.97. The summed E-state index contributed by atoms with van der Waals surface area (Å²) in [6, 6.07) is 11.5. The summed E-state index contributed by atoms with van der Waals surface area (Å²) in [5.41, 5.74) is 1.39. The van der Waals surface area contributed by atoms with Crippen LogP contribution in [0.2, 0.25) is 0 Å². The molecule has 2 aromatic rings. The number of carbonyl (C=O) groups excluding carboxylic acids is 1. The van der Waals surface area contributed by atoms with Gasteiger partial charge in [-0.25, -0.2) is 13.1 Å². The van der Waals surface area contributed by atoms with Gasteiger partial charge in [-0.15, -0.1) is 0 Å². The highest BCUT2D eigenvalue weighted by molar-refractivity contribution is 7.89. The largest absolute Gasteiger partial charge is 0.497 e. The normalized spacial score (nSPS) is 16.8. The lowest BCUT2D eigenvalue weighted by atomic mass is 10.0. The maximum absolute atomic E-state index is 13.1. The second kappa shape index (κ2) is 8.20. The maximum Gasteiger partial charge on any atom is 0.254 e. The minimum absolute atomic E-state index is 0.103. The molecule has 1 N–H and O–H groups in total. The molecule has 1 atom stereocenters. The molecule has 7 nitrogen and oxygen atoms in total. The molecule has 0 aromatic heterocycles. The maximum atomic E-state index is 13.1. The van der Waals surface area contributed by atoms with E-state index in [1.807, 2.05) is 23.1 Å². The van der Waals surface area contributed by atoms with Gasteiger partial charge in [0.15, 0.2) is 0 Å². The highest BCUT2D eigenvalue weighted by atomic mass is 32.2. The number of likely N-dealkylation sites (tertiary alicyclic amines) is 1. The van der Waals surface area contributed by atoms with Crippen LogP contribution in [0.15, 0.2) is 47.4 Å². The summed E-state index contributed by atoms with van der Waals surface area (Å²) >= 11 is 0. The molecule has 28 heavy (non-hydrogen) atoms. The molecule has 1 saturated heterocycles. The molecule has 1 aliphatic heterocycles. The van der Waals surface area contributed by atoms with E-state index in [9.17, 15) is 13.2 Å². The van der Waals surface area contributed by atoms with Crippen LogP contribution in [0.25, 0.3) is 0 Å². The van der Waals surface area contributed by atoms with Crippen LogP contribution in [0.3, 0.4) is 0 Å². The van der Waals surface area contributed by atoms with E-state index in [-0.39, 0.29) is 16.8 Å². The van der Waals surface area contributed by atoms with Crippen LogP contribution < -0.4 is 14.2 Å². The first-order valence-corrected chi connectivity index (χ1v) is 10.5. The van der Waals surface area contributed by atoms with Gasteiger partial charge in [0.05, 0.1) is 25.2 Å². The molecule has 8 heteroatoms. The monoisotopic (exact) mass is 404 g/mol. The second-order valence-electron chi connectivity index (χ2n) is 6.50. The van der Waals surface area contributed by atoms with Gasteiger partial charge in [-0.1, -0.05) is 0 Å². The van der Waals surface area contributed by atoms with Crippen molar-refractivity contribution in [3.8, 4) is 11.5 Å². The van der Waals surface area contributed by atoms with Gasteiger partial charge in [-0.3, -0.25) is 4.79 Å². The third kappa shape index (κ3) is 3.83. The number of carbonyl (C=O) groups is 1. The number of nitrogens with zero attached hydrogens (tertiary/aromatic N) is 1. The fourth-order valence-electron chi connectivity index (χ4n) is 3.49. The lowest BCUT2D eigenvalue weighted by Crippen LogP contribution is -2.30. The Labute approximate surface area is 165 Å². The Morgan fingerprint density at radius 2 is 1.82 bits per heavy atom. The lowest BCUT2D eigenvalue weighted by Gasteiger charge is -2.26. The zero-order chi connectivity index (χ0) is 20.3. The number of methoxy groups -OCH3 is 2. The van der Waals surface area contributed by atoms with Crippen molar-refractivity contribution >= 4 is 15.9 Å². The zero-order valence-electron chi connectivity index (χ0n) is 16.1. The summed E-state index contributed by atoms with van der Waals surface area (Å²) < 4.78 is 36.8. The van der Waals surface area contributed by atoms with Crippen molar-refractivity contribution in [1.29, 1.82) is 0 Å². The molecule has 1 aliphatic rings. The Hall–Kier alpha value is -2.58. The van der Waals surface area contributed by atoms with Gasteiger partial charge in [-0.05, 0) is 56.3 Å². The molecule has 0 spiro atoms. The van der Waals surface area contributed by atoms with Crippen LogP contribution in [0, 0.1) is 0 Å². The molecular formula is C20H24N2O5S. The first kappa shape index (κ1) is 20.2. The molecule has 0 saturated carbocycles. The van der Waals surface area contributed by atoms with Crippen LogP contribution in [-0.4, -0.2) is 47.0 Å². The summed E-state index contributed by atoms with van der Waals surface area (Å²) in [5, 5.41) is 0. The summed E-state index contributed by atoms with van der Waals surface area (Å²) in [6.07, 6.45) is 1.72. The van der Waals surface area contributed by atoms with Gasteiger partial charge in [-0.2, -0.15) is 0 Å². The summed E-state index contributed by atoms with van der Waals surface area (Å²) in [6.45, 7) is 0.634. The number of nitrogens with one attached hydrogen (secondary N) is 1. The van der Waals surface area contributed by atoms with Crippen LogP contribution in [-0.2, 0) is 10.0 Å². The minimum atomic E-state index is -3.53. The van der Waals surface area contributed by atoms with Gasteiger partial charge in [0.1, 0.15) is 11.5 Å². The molecule has 3 rings (SSSR count). The Morgan fingerprint density at radius 1 is 1.11 bits per heavy atom. The van der Waals surface area contributed by atoms with E-state index in [2.05, 4.69) is 4.72 Å². The highest BCUT2D eigenvalue weighted by Crippen LogP contribution is 2.39. The predicted molar refractivity (Wildman–Crippen MR) is 105 cm³/mol. The van der Waals surface area contributed by atoms with Gasteiger partial charge in [0.25, 0.3) is 5.91 Å². The summed E-state index contributed by atoms with van der Waals surface area (Å²) in [5.74, 6) is 1.24. The van der Waals surface area contributed by atoms with Crippen LogP contribution >= 0.6 is 0 Å². The van der Waals surface area contributed by atoms with Gasteiger partial charge in [0.2, 0.25) is 10.0 Å². The standard InChI is InChI=1S/C20H24N2O5S/c1-21-28(24,25)16-9-6-14(7-10-16)20(23)22-12-4-5-18(22)17-11-8-15(26-2)13-19(17)27-3/h6-11,13,18,21H,4-5,12H2,1-3H3. The molecule has 2 aromatic carbocycles. The van der Waals surface area contributed by atoms with E-state index in [0.717, 1.165) is 18.4 Å². The second-order valence-corrected chi connectivity index (χ2v) is 8.38. The fraction of sp³-hybridized carbons (Fsp3) is 0.350. The number of rotatable bonds is 6. The van der Waals surface area contributed by atoms with Crippen molar-refractivity contribution in [3.63, 3.8) is 0 Å². The van der Waals surface area contributed by atoms with E-state index in [0.29, 0.717) is 23.6 Å². The summed E-state index contributed by atoms with van der Waals surface area (Å²) in [4.78, 5) is 15.0. The van der Waals surface area contributed by atoms with Crippen molar-refractivity contribution in [3.05, 3.63) is 53.6 Å². The van der Waals surface area contributed by atoms with E-state index in [1.54, 1.807) is 26.4 Å². The number of hydrogen-bond donors (Lipinski definition) is 1. The molecule has 0 bridgehead atoms. The lowest BCUT2D eigenvalue weighted by molar-refractivity contribution is 0.0734. The van der Waals surface area contributed by atoms with E-state index < -0.39 is 10.0 Å². The average Bonchev–Trinajstić information content (AvgIpc) is 3.22. The average molecular weight is 404 g/mol. The fourth-order valence-corrected chi connectivity index (χ4v) is 4.22. The van der Waals surface area contributed by atoms with E-state index in [4.69, 9.17) is 9.47 Å². The SMILES string of the molecule is CNS(=O)(=O)c1ccc(C(=O)N2CCCC2c2ccc(OC)cc2OC)cc1. The van der Waals surface area contributed by atoms with Crippen molar-refractivity contribution < 1.29 is 22.7 Å². The van der Waals surface area contributed by atoms with Crippen LogP contribution in [0.4, 0.5) is 0 Å². The van der Waals surface area contributed by atoms with Crippen LogP contribution in [0.1, 0.15) is 34.8 Å². The smallest absolute Gasteiger partial charge is 0.254 e. The van der Waals surface area contributed by atoms with E-state index in [1.165, 1.54) is 19.2 Å². The Bertz CT molecular complexity index is 957. The number of amides is 1.